The van der Waals surface area contributed by atoms with Gasteiger partial charge in [0, 0.05) is 13.5 Å². The van der Waals surface area contributed by atoms with E-state index in [0.29, 0.717) is 23.2 Å². The summed E-state index contributed by atoms with van der Waals surface area (Å²) in [7, 11) is 0. The Hall–Kier alpha value is -3.29. The quantitative estimate of drug-likeness (QED) is 0.346. The molecule has 1 aliphatic heterocycles. The Labute approximate surface area is 143 Å². The predicted molar refractivity (Wildman–Crippen MR) is 87.5 cm³/mol. The maximum absolute atomic E-state index is 12.2. The number of hydrogen-bond donors (Lipinski definition) is 0. The van der Waals surface area contributed by atoms with Gasteiger partial charge in [-0.25, -0.2) is 0 Å². The van der Waals surface area contributed by atoms with E-state index < -0.39 is 4.92 Å². The number of fused-ring (bicyclic) bond motifs is 1. The molecule has 3 rings (SSSR count). The van der Waals surface area contributed by atoms with Crippen molar-refractivity contribution >= 4 is 17.6 Å². The number of carbonyl (C=O) groups excluding carboxylic acids is 2. The first-order valence-corrected chi connectivity index (χ1v) is 7.69. The van der Waals surface area contributed by atoms with E-state index in [2.05, 4.69) is 4.98 Å². The molecular weight excluding hydrogens is 326 g/mol. The molecular formula is C17H15N3O5. The van der Waals surface area contributed by atoms with Gasteiger partial charge in [-0.1, -0.05) is 12.1 Å². The molecule has 0 saturated heterocycles. The zero-order valence-corrected chi connectivity index (χ0v) is 13.5. The minimum atomic E-state index is -0.605. The summed E-state index contributed by atoms with van der Waals surface area (Å²) in [6.07, 6.45) is 0.358. The van der Waals surface area contributed by atoms with Crippen molar-refractivity contribution in [2.75, 3.05) is 13.2 Å². The number of ether oxygens (including phenoxy) is 1. The van der Waals surface area contributed by atoms with Crippen molar-refractivity contribution < 1.29 is 19.2 Å². The number of amides is 2. The number of aromatic nitrogens is 1. The second kappa shape index (κ2) is 6.68. The average molecular weight is 341 g/mol. The van der Waals surface area contributed by atoms with Crippen molar-refractivity contribution in [3.63, 3.8) is 0 Å². The molecule has 0 fully saturated rings. The van der Waals surface area contributed by atoms with Crippen LogP contribution in [-0.2, 0) is 0 Å². The predicted octanol–water partition coefficient (Wildman–Crippen LogP) is 2.36. The average Bonchev–Trinajstić information content (AvgIpc) is 2.84. The number of nitrogens with zero attached hydrogens (tertiary/aromatic N) is 3. The molecule has 2 aromatic rings. The molecule has 0 radical (unpaired) electrons. The van der Waals surface area contributed by atoms with Gasteiger partial charge in [0.15, 0.2) is 0 Å². The highest BCUT2D eigenvalue weighted by Gasteiger charge is 2.34. The molecule has 0 atom stereocenters. The third kappa shape index (κ3) is 3.18. The van der Waals surface area contributed by atoms with E-state index in [-0.39, 0.29) is 36.5 Å². The fraction of sp³-hybridized carbons (Fsp3) is 0.235. The van der Waals surface area contributed by atoms with E-state index in [0.717, 1.165) is 4.90 Å². The summed E-state index contributed by atoms with van der Waals surface area (Å²) in [5.41, 5.74) is 1.31. The first kappa shape index (κ1) is 16.6. The minimum absolute atomic E-state index is 0.0676. The van der Waals surface area contributed by atoms with E-state index >= 15 is 0 Å². The Kier molecular flexibility index (Phi) is 4.42. The van der Waals surface area contributed by atoms with Crippen molar-refractivity contribution in [3.8, 4) is 5.75 Å². The summed E-state index contributed by atoms with van der Waals surface area (Å²) in [6, 6.07) is 9.76. The number of nitro groups is 1. The van der Waals surface area contributed by atoms with Gasteiger partial charge in [-0.15, -0.1) is 0 Å². The van der Waals surface area contributed by atoms with Crippen LogP contribution in [0.3, 0.4) is 0 Å². The van der Waals surface area contributed by atoms with Gasteiger partial charge in [0.1, 0.15) is 5.69 Å². The number of imide groups is 1. The molecule has 0 saturated carbocycles. The monoisotopic (exact) mass is 341 g/mol. The Balaban J connectivity index is 1.59. The zero-order chi connectivity index (χ0) is 18.0. The maximum Gasteiger partial charge on any atom is 0.406 e. The Bertz CT molecular complexity index is 830. The van der Waals surface area contributed by atoms with Gasteiger partial charge in [-0.2, -0.15) is 0 Å². The lowest BCUT2D eigenvalue weighted by molar-refractivity contribution is -0.390. The second-order valence-corrected chi connectivity index (χ2v) is 5.54. The molecule has 1 aromatic carbocycles. The van der Waals surface area contributed by atoms with E-state index in [1.54, 1.807) is 37.3 Å². The van der Waals surface area contributed by atoms with Crippen LogP contribution in [0.15, 0.2) is 36.4 Å². The Morgan fingerprint density at radius 2 is 1.76 bits per heavy atom. The smallest absolute Gasteiger partial charge is 0.406 e. The number of pyridine rings is 1. The number of aryl methyl sites for hydroxylation is 1. The van der Waals surface area contributed by atoms with Gasteiger partial charge in [0.05, 0.1) is 17.7 Å². The van der Waals surface area contributed by atoms with Crippen LogP contribution < -0.4 is 4.74 Å². The molecule has 8 heteroatoms. The Morgan fingerprint density at radius 1 is 1.12 bits per heavy atom. The van der Waals surface area contributed by atoms with Crippen molar-refractivity contribution in [2.24, 2.45) is 0 Å². The molecule has 2 heterocycles. The highest BCUT2D eigenvalue weighted by molar-refractivity contribution is 6.21. The maximum atomic E-state index is 12.2. The van der Waals surface area contributed by atoms with Crippen molar-refractivity contribution in [2.45, 2.75) is 13.3 Å². The summed E-state index contributed by atoms with van der Waals surface area (Å²) < 4.78 is 5.41. The summed E-state index contributed by atoms with van der Waals surface area (Å²) in [6.45, 7) is 1.96. The second-order valence-electron chi connectivity index (χ2n) is 5.54. The van der Waals surface area contributed by atoms with Gasteiger partial charge in [0.25, 0.3) is 11.8 Å². The lowest BCUT2D eigenvalue weighted by atomic mass is 10.1. The minimum Gasteiger partial charge on any atom is -0.486 e. The van der Waals surface area contributed by atoms with Gasteiger partial charge in [-0.05, 0) is 40.6 Å². The number of hydrogen-bond acceptors (Lipinski definition) is 6. The van der Waals surface area contributed by atoms with Gasteiger partial charge >= 0.3 is 5.82 Å². The first-order chi connectivity index (χ1) is 12.0. The normalized spacial score (nSPS) is 13.1. The lowest BCUT2D eigenvalue weighted by Gasteiger charge is -2.13. The van der Waals surface area contributed by atoms with Crippen LogP contribution in [0.1, 0.15) is 32.8 Å². The van der Waals surface area contributed by atoms with Gasteiger partial charge in [0.2, 0.25) is 5.75 Å². The van der Waals surface area contributed by atoms with Crippen LogP contribution >= 0.6 is 0 Å². The zero-order valence-electron chi connectivity index (χ0n) is 13.5. The molecule has 128 valence electrons. The van der Waals surface area contributed by atoms with Crippen LogP contribution in [0.5, 0.6) is 5.75 Å². The van der Waals surface area contributed by atoms with E-state index in [4.69, 9.17) is 4.74 Å². The molecule has 0 spiro atoms. The SMILES string of the molecule is Cc1ccc(OCCCN2C(=O)c3ccccc3C2=O)c([N+](=O)[O-])n1. The fourth-order valence-electron chi connectivity index (χ4n) is 2.62. The van der Waals surface area contributed by atoms with Gasteiger partial charge in [-0.3, -0.25) is 14.5 Å². The van der Waals surface area contributed by atoms with Crippen LogP contribution in [0.4, 0.5) is 5.82 Å². The summed E-state index contributed by atoms with van der Waals surface area (Å²) in [5.74, 6) is -0.939. The molecule has 0 bridgehead atoms. The molecule has 25 heavy (non-hydrogen) atoms. The molecule has 0 aliphatic carbocycles. The van der Waals surface area contributed by atoms with Crippen LogP contribution in [0.25, 0.3) is 0 Å². The van der Waals surface area contributed by atoms with Crippen molar-refractivity contribution in [1.29, 1.82) is 0 Å². The summed E-state index contributed by atoms with van der Waals surface area (Å²) >= 11 is 0. The Morgan fingerprint density at radius 3 is 2.36 bits per heavy atom. The highest BCUT2D eigenvalue weighted by Crippen LogP contribution is 2.25. The molecule has 1 aliphatic rings. The van der Waals surface area contributed by atoms with E-state index in [1.165, 1.54) is 6.07 Å². The van der Waals surface area contributed by atoms with Crippen LogP contribution in [-0.4, -0.2) is 39.8 Å². The molecule has 1 aromatic heterocycles. The standard InChI is InChI=1S/C17H15N3O5/c1-11-7-8-14(15(18-11)20(23)24)25-10-4-9-19-16(21)12-5-2-3-6-13(12)17(19)22/h2-3,5-8H,4,9-10H2,1H3. The van der Waals surface area contributed by atoms with Crippen LogP contribution in [0, 0.1) is 17.0 Å². The van der Waals surface area contributed by atoms with E-state index in [9.17, 15) is 19.7 Å². The topological polar surface area (TPSA) is 103 Å². The largest absolute Gasteiger partial charge is 0.486 e. The third-order valence-electron chi connectivity index (χ3n) is 3.81. The molecule has 0 N–H and O–H groups in total. The van der Waals surface area contributed by atoms with Crippen molar-refractivity contribution in [1.82, 2.24) is 9.88 Å². The number of carbonyl (C=O) groups is 2. The summed E-state index contributed by atoms with van der Waals surface area (Å²) in [4.78, 5) is 39.8. The first-order valence-electron chi connectivity index (χ1n) is 7.69. The highest BCUT2D eigenvalue weighted by atomic mass is 16.6. The summed E-state index contributed by atoms with van der Waals surface area (Å²) in [5, 5.41) is 11.0. The van der Waals surface area contributed by atoms with E-state index in [1.807, 2.05) is 0 Å². The molecule has 2 amide bonds. The lowest BCUT2D eigenvalue weighted by Crippen LogP contribution is -2.31. The van der Waals surface area contributed by atoms with Gasteiger partial charge < -0.3 is 14.9 Å². The van der Waals surface area contributed by atoms with Crippen LogP contribution in [0.2, 0.25) is 0 Å². The molecule has 8 nitrogen and oxygen atoms in total. The number of benzene rings is 1. The number of rotatable bonds is 6. The fourth-order valence-corrected chi connectivity index (χ4v) is 2.62. The molecule has 0 unspecified atom stereocenters. The van der Waals surface area contributed by atoms with Crippen molar-refractivity contribution in [3.05, 3.63) is 63.3 Å². The third-order valence-corrected chi connectivity index (χ3v) is 3.81.